The molecule has 5 aromatic carbocycles. The second-order valence-corrected chi connectivity index (χ2v) is 9.82. The Morgan fingerprint density at radius 2 is 1.11 bits per heavy atom. The van der Waals surface area contributed by atoms with Crippen molar-refractivity contribution in [2.75, 3.05) is 4.90 Å². The molecule has 0 fully saturated rings. The molecule has 2 nitrogen and oxygen atoms in total. The minimum absolute atomic E-state index is 0.0235. The van der Waals surface area contributed by atoms with E-state index in [4.69, 9.17) is 0 Å². The second kappa shape index (κ2) is 8.66. The molecule has 0 atom stereocenters. The first-order valence-electron chi connectivity index (χ1n) is 12.3. The van der Waals surface area contributed by atoms with Crippen molar-refractivity contribution in [1.82, 2.24) is 0 Å². The molecule has 1 aliphatic rings. The van der Waals surface area contributed by atoms with Crippen LogP contribution in [-0.2, 0) is 5.41 Å². The van der Waals surface area contributed by atoms with Crippen molar-refractivity contribution in [1.29, 1.82) is 0 Å². The summed E-state index contributed by atoms with van der Waals surface area (Å²) in [7, 11) is 0. The molecule has 0 bridgehead atoms. The highest BCUT2D eigenvalue weighted by molar-refractivity contribution is 6.10. The van der Waals surface area contributed by atoms with E-state index in [9.17, 15) is 4.79 Å². The molecule has 2 heteroatoms. The molecule has 0 radical (unpaired) electrons. The van der Waals surface area contributed by atoms with E-state index in [-0.39, 0.29) is 11.2 Å². The number of carbonyl (C=O) groups excluding carboxylic acids is 1. The number of carbonyl (C=O) groups is 1. The Kier molecular flexibility index (Phi) is 5.30. The van der Waals surface area contributed by atoms with Gasteiger partial charge in [0, 0.05) is 22.2 Å². The quantitative estimate of drug-likeness (QED) is 0.247. The molecule has 0 aliphatic carbocycles. The molecule has 174 valence electrons. The van der Waals surface area contributed by atoms with Gasteiger partial charge in [0.1, 0.15) is 0 Å². The molecule has 0 N–H and O–H groups in total. The van der Waals surface area contributed by atoms with E-state index in [0.717, 1.165) is 28.2 Å². The van der Waals surface area contributed by atoms with Gasteiger partial charge in [-0.05, 0) is 46.5 Å². The van der Waals surface area contributed by atoms with Crippen molar-refractivity contribution in [2.24, 2.45) is 0 Å². The fraction of sp³-hybridized carbons (Fsp3) is 0.0882. The van der Waals surface area contributed by atoms with Crippen molar-refractivity contribution in [2.45, 2.75) is 19.3 Å². The lowest BCUT2D eigenvalue weighted by Gasteiger charge is -2.42. The molecule has 0 spiro atoms. The fourth-order valence-corrected chi connectivity index (χ4v) is 5.34. The third kappa shape index (κ3) is 3.63. The summed E-state index contributed by atoms with van der Waals surface area (Å²) in [5.74, 6) is 0.0235. The lowest BCUT2D eigenvalue weighted by molar-refractivity contribution is 0.103. The van der Waals surface area contributed by atoms with Crippen LogP contribution in [0, 0.1) is 0 Å². The first kappa shape index (κ1) is 22.1. The molecule has 1 aliphatic heterocycles. The Labute approximate surface area is 212 Å². The lowest BCUT2D eigenvalue weighted by atomic mass is 9.73. The van der Waals surface area contributed by atoms with Gasteiger partial charge in [-0.15, -0.1) is 0 Å². The van der Waals surface area contributed by atoms with Crippen LogP contribution in [0.1, 0.15) is 40.9 Å². The first-order chi connectivity index (χ1) is 17.5. The maximum absolute atomic E-state index is 13.5. The number of ketones is 1. The van der Waals surface area contributed by atoms with E-state index >= 15 is 0 Å². The summed E-state index contributed by atoms with van der Waals surface area (Å²) in [6.07, 6.45) is 0. The zero-order valence-corrected chi connectivity index (χ0v) is 20.5. The number of hydrogen-bond donors (Lipinski definition) is 0. The average Bonchev–Trinajstić information content (AvgIpc) is 2.94. The highest BCUT2D eigenvalue weighted by Crippen LogP contribution is 2.51. The van der Waals surface area contributed by atoms with E-state index in [0.29, 0.717) is 11.1 Å². The van der Waals surface area contributed by atoms with Crippen LogP contribution in [0.5, 0.6) is 0 Å². The smallest absolute Gasteiger partial charge is 0.193 e. The zero-order chi connectivity index (χ0) is 24.7. The molecule has 6 rings (SSSR count). The van der Waals surface area contributed by atoms with E-state index in [1.54, 1.807) is 0 Å². The average molecular weight is 466 g/mol. The van der Waals surface area contributed by atoms with Gasteiger partial charge in [-0.2, -0.15) is 0 Å². The number of para-hydroxylation sites is 2. The zero-order valence-electron chi connectivity index (χ0n) is 20.5. The number of rotatable bonds is 4. The van der Waals surface area contributed by atoms with Crippen LogP contribution < -0.4 is 4.90 Å². The van der Waals surface area contributed by atoms with Crippen molar-refractivity contribution in [3.05, 3.63) is 150 Å². The van der Waals surface area contributed by atoms with Crippen LogP contribution in [0.25, 0.3) is 11.1 Å². The van der Waals surface area contributed by atoms with Crippen molar-refractivity contribution >= 4 is 22.8 Å². The topological polar surface area (TPSA) is 20.3 Å². The Balaban J connectivity index is 1.40. The number of nitrogens with zero attached hydrogens (tertiary/aromatic N) is 1. The molecule has 0 saturated heterocycles. The third-order valence-corrected chi connectivity index (χ3v) is 7.26. The number of anilines is 3. The third-order valence-electron chi connectivity index (χ3n) is 7.26. The molecule has 5 aromatic rings. The maximum atomic E-state index is 13.5. The summed E-state index contributed by atoms with van der Waals surface area (Å²) in [5, 5.41) is 0. The SMILES string of the molecule is CC1(C)c2ccccc2N(c2cccc(C(=O)c3ccc(-c4ccccc4)cc3)c2)c2ccccc21. The van der Waals surface area contributed by atoms with Crippen LogP contribution in [0.4, 0.5) is 17.1 Å². The minimum atomic E-state index is -0.113. The molecule has 36 heavy (non-hydrogen) atoms. The highest BCUT2D eigenvalue weighted by atomic mass is 16.1. The molecule has 0 unspecified atom stereocenters. The largest absolute Gasteiger partial charge is 0.310 e. The van der Waals surface area contributed by atoms with Gasteiger partial charge in [0.15, 0.2) is 5.78 Å². The van der Waals surface area contributed by atoms with Gasteiger partial charge < -0.3 is 4.90 Å². The Bertz CT molecular complexity index is 1520. The predicted molar refractivity (Wildman–Crippen MR) is 149 cm³/mol. The van der Waals surface area contributed by atoms with E-state index < -0.39 is 0 Å². The molecule has 0 aromatic heterocycles. The maximum Gasteiger partial charge on any atom is 0.193 e. The van der Waals surface area contributed by atoms with Crippen LogP contribution in [0.3, 0.4) is 0 Å². The summed E-state index contributed by atoms with van der Waals surface area (Å²) in [6.45, 7) is 4.56. The van der Waals surface area contributed by atoms with Crippen LogP contribution in [-0.4, -0.2) is 5.78 Å². The van der Waals surface area contributed by atoms with Gasteiger partial charge in [-0.25, -0.2) is 0 Å². The summed E-state index contributed by atoms with van der Waals surface area (Å²) in [5.41, 5.74) is 9.33. The summed E-state index contributed by atoms with van der Waals surface area (Å²) in [6, 6.07) is 43.2. The predicted octanol–water partition coefficient (Wildman–Crippen LogP) is 8.69. The van der Waals surface area contributed by atoms with E-state index in [1.807, 2.05) is 60.7 Å². The summed E-state index contributed by atoms with van der Waals surface area (Å²) in [4.78, 5) is 15.8. The Hall–Kier alpha value is -4.43. The number of hydrogen-bond acceptors (Lipinski definition) is 2. The standard InChI is InChI=1S/C34H27NO/c1-34(2)29-15-6-8-17-31(29)35(32-18-9-7-16-30(32)34)28-14-10-13-27(23-28)33(36)26-21-19-25(20-22-26)24-11-4-3-5-12-24/h3-23H,1-2H3. The van der Waals surface area contributed by atoms with Crippen molar-refractivity contribution < 1.29 is 4.79 Å². The fourth-order valence-electron chi connectivity index (χ4n) is 5.34. The minimum Gasteiger partial charge on any atom is -0.310 e. The van der Waals surface area contributed by atoms with Crippen LogP contribution in [0.15, 0.2) is 127 Å². The van der Waals surface area contributed by atoms with E-state index in [2.05, 4.69) is 85.5 Å². The molecule has 1 heterocycles. The van der Waals surface area contributed by atoms with Crippen LogP contribution >= 0.6 is 0 Å². The van der Waals surface area contributed by atoms with Crippen molar-refractivity contribution in [3.8, 4) is 11.1 Å². The molecular weight excluding hydrogens is 438 g/mol. The molecular formula is C34H27NO. The van der Waals surface area contributed by atoms with Crippen molar-refractivity contribution in [3.63, 3.8) is 0 Å². The Morgan fingerprint density at radius 1 is 0.556 bits per heavy atom. The van der Waals surface area contributed by atoms with E-state index in [1.165, 1.54) is 11.1 Å². The van der Waals surface area contributed by atoms with Gasteiger partial charge in [0.05, 0.1) is 11.4 Å². The number of fused-ring (bicyclic) bond motifs is 2. The lowest BCUT2D eigenvalue weighted by Crippen LogP contribution is -2.30. The molecule has 0 amide bonds. The van der Waals surface area contributed by atoms with Gasteiger partial charge >= 0.3 is 0 Å². The summed E-state index contributed by atoms with van der Waals surface area (Å²) < 4.78 is 0. The first-order valence-corrected chi connectivity index (χ1v) is 12.3. The van der Waals surface area contributed by atoms with Gasteiger partial charge in [-0.1, -0.05) is 117 Å². The Morgan fingerprint density at radius 3 is 1.75 bits per heavy atom. The molecule has 0 saturated carbocycles. The monoisotopic (exact) mass is 465 g/mol. The second-order valence-electron chi connectivity index (χ2n) is 9.82. The van der Waals surface area contributed by atoms with Gasteiger partial charge in [-0.3, -0.25) is 4.79 Å². The normalized spacial score (nSPS) is 13.6. The summed E-state index contributed by atoms with van der Waals surface area (Å²) >= 11 is 0. The number of benzene rings is 5. The van der Waals surface area contributed by atoms with Crippen LogP contribution in [0.2, 0.25) is 0 Å². The van der Waals surface area contributed by atoms with Gasteiger partial charge in [0.25, 0.3) is 0 Å². The van der Waals surface area contributed by atoms with Gasteiger partial charge in [0.2, 0.25) is 0 Å². The highest BCUT2D eigenvalue weighted by Gasteiger charge is 2.36.